The molecule has 3 N–H and O–H groups in total. The summed E-state index contributed by atoms with van der Waals surface area (Å²) in [6.07, 6.45) is 0.300. The fraction of sp³-hybridized carbons (Fsp3) is 0.273. The molecule has 6 nitrogen and oxygen atoms in total. The second-order valence-electron chi connectivity index (χ2n) is 3.87. The zero-order valence-corrected chi connectivity index (χ0v) is 9.30. The first-order valence-corrected chi connectivity index (χ1v) is 5.25. The molecule has 0 radical (unpaired) electrons. The Bertz CT molecular complexity index is 506. The van der Waals surface area contributed by atoms with Crippen molar-refractivity contribution in [3.63, 3.8) is 0 Å². The van der Waals surface area contributed by atoms with Crippen molar-refractivity contribution < 1.29 is 23.9 Å². The highest BCUT2D eigenvalue weighted by atomic mass is 19.2. The molecular formula is C11H11FN2O4. The SMILES string of the molecule is NC(=O)N(F)c1ccc2c(c1)[C@@H](C(=O)O)CCO2. The van der Waals surface area contributed by atoms with E-state index in [2.05, 4.69) is 0 Å². The fourth-order valence-corrected chi connectivity index (χ4v) is 1.89. The monoisotopic (exact) mass is 254 g/mol. The van der Waals surface area contributed by atoms with E-state index >= 15 is 0 Å². The van der Waals surface area contributed by atoms with E-state index in [1.165, 1.54) is 18.2 Å². The van der Waals surface area contributed by atoms with Crippen LogP contribution in [0.25, 0.3) is 0 Å². The quantitative estimate of drug-likeness (QED) is 0.780. The standard InChI is InChI=1S/C11H11FN2O4/c12-14(11(13)17)6-1-2-9-8(5-6)7(10(15)16)3-4-18-9/h1-2,5,7H,3-4H2,(H2,13,17)(H,15,16)/t7-/m0/s1. The molecule has 1 atom stereocenters. The van der Waals surface area contributed by atoms with Crippen molar-refractivity contribution in [3.05, 3.63) is 23.8 Å². The maximum absolute atomic E-state index is 13.3. The third-order valence-electron chi connectivity index (χ3n) is 2.75. The van der Waals surface area contributed by atoms with Crippen LogP contribution in [0, 0.1) is 0 Å². The summed E-state index contributed by atoms with van der Waals surface area (Å²) in [5.41, 5.74) is 5.03. The summed E-state index contributed by atoms with van der Waals surface area (Å²) in [7, 11) is 0. The molecule has 2 rings (SSSR count). The van der Waals surface area contributed by atoms with E-state index in [1.54, 1.807) is 0 Å². The molecule has 0 bridgehead atoms. The smallest absolute Gasteiger partial charge is 0.347 e. The van der Waals surface area contributed by atoms with Crippen LogP contribution < -0.4 is 15.6 Å². The topological polar surface area (TPSA) is 92.9 Å². The highest BCUT2D eigenvalue weighted by Gasteiger charge is 2.28. The van der Waals surface area contributed by atoms with Gasteiger partial charge in [-0.1, -0.05) is 4.48 Å². The number of halogens is 1. The molecule has 2 amide bonds. The van der Waals surface area contributed by atoms with Crippen LogP contribution in [0.15, 0.2) is 18.2 Å². The molecule has 1 aliphatic rings. The average molecular weight is 254 g/mol. The molecular weight excluding hydrogens is 243 g/mol. The largest absolute Gasteiger partial charge is 0.493 e. The number of amides is 2. The zero-order valence-electron chi connectivity index (χ0n) is 9.30. The Morgan fingerprint density at radius 3 is 2.83 bits per heavy atom. The Morgan fingerprint density at radius 2 is 2.22 bits per heavy atom. The Kier molecular flexibility index (Phi) is 3.05. The molecule has 1 aromatic rings. The maximum Gasteiger partial charge on any atom is 0.347 e. The second-order valence-corrected chi connectivity index (χ2v) is 3.87. The molecule has 0 spiro atoms. The molecule has 1 aromatic carbocycles. The minimum Gasteiger partial charge on any atom is -0.493 e. The molecule has 0 saturated heterocycles. The first kappa shape index (κ1) is 12.2. The van der Waals surface area contributed by atoms with E-state index in [1.807, 2.05) is 0 Å². The lowest BCUT2D eigenvalue weighted by atomic mass is 9.93. The lowest BCUT2D eigenvalue weighted by Gasteiger charge is -2.24. The number of carboxylic acids is 1. The van der Waals surface area contributed by atoms with Gasteiger partial charge in [-0.3, -0.25) is 4.79 Å². The normalized spacial score (nSPS) is 17.5. The van der Waals surface area contributed by atoms with Gasteiger partial charge in [-0.25, -0.2) is 4.79 Å². The summed E-state index contributed by atoms with van der Waals surface area (Å²) in [4.78, 5) is 21.8. The summed E-state index contributed by atoms with van der Waals surface area (Å²) in [5, 5.41) is 8.83. The molecule has 7 heteroatoms. The number of aliphatic carboxylic acids is 1. The molecule has 1 aliphatic heterocycles. The third kappa shape index (κ3) is 2.06. The molecule has 0 aromatic heterocycles. The Morgan fingerprint density at radius 1 is 1.50 bits per heavy atom. The lowest BCUT2D eigenvalue weighted by molar-refractivity contribution is -0.139. The summed E-state index contributed by atoms with van der Waals surface area (Å²) >= 11 is 0. The van der Waals surface area contributed by atoms with Gasteiger partial charge in [0.25, 0.3) is 0 Å². The van der Waals surface area contributed by atoms with Gasteiger partial charge in [-0.15, -0.1) is 5.12 Å². The summed E-state index contributed by atoms with van der Waals surface area (Å²) < 4.78 is 18.6. The van der Waals surface area contributed by atoms with Crippen molar-refractivity contribution in [1.82, 2.24) is 0 Å². The lowest BCUT2D eigenvalue weighted by Crippen LogP contribution is -2.28. The van der Waals surface area contributed by atoms with Gasteiger partial charge in [-0.05, 0) is 24.6 Å². The summed E-state index contributed by atoms with van der Waals surface area (Å²) in [6.45, 7) is 0.290. The van der Waals surface area contributed by atoms with Crippen molar-refractivity contribution in [2.75, 3.05) is 11.7 Å². The van der Waals surface area contributed by atoms with Gasteiger partial charge in [0.2, 0.25) is 0 Å². The first-order valence-electron chi connectivity index (χ1n) is 5.25. The number of carboxylic acid groups (broad SMARTS) is 1. The number of hydrogen-bond acceptors (Lipinski definition) is 3. The number of urea groups is 1. The minimum absolute atomic E-state index is 0.113. The van der Waals surface area contributed by atoms with Gasteiger partial charge >= 0.3 is 12.0 Å². The van der Waals surface area contributed by atoms with Crippen LogP contribution >= 0.6 is 0 Å². The van der Waals surface area contributed by atoms with Gasteiger partial charge in [0.15, 0.2) is 0 Å². The van der Waals surface area contributed by atoms with Crippen molar-refractivity contribution >= 4 is 17.7 Å². The third-order valence-corrected chi connectivity index (χ3v) is 2.75. The Labute approximate surface area is 102 Å². The van der Waals surface area contributed by atoms with Crippen LogP contribution in [0.5, 0.6) is 5.75 Å². The molecule has 96 valence electrons. The zero-order chi connectivity index (χ0) is 13.3. The molecule has 0 unspecified atom stereocenters. The van der Waals surface area contributed by atoms with Gasteiger partial charge in [0.1, 0.15) is 5.75 Å². The first-order chi connectivity index (χ1) is 8.50. The number of hydrogen-bond donors (Lipinski definition) is 2. The number of carbonyl (C=O) groups excluding carboxylic acids is 1. The summed E-state index contributed by atoms with van der Waals surface area (Å²) in [5.74, 6) is -1.40. The Balaban J connectivity index is 2.42. The van der Waals surface area contributed by atoms with Gasteiger partial charge in [0.05, 0.1) is 18.2 Å². The van der Waals surface area contributed by atoms with Crippen LogP contribution in [0.1, 0.15) is 17.9 Å². The van der Waals surface area contributed by atoms with E-state index in [-0.39, 0.29) is 10.8 Å². The van der Waals surface area contributed by atoms with Crippen LogP contribution in [-0.4, -0.2) is 23.7 Å². The van der Waals surface area contributed by atoms with Crippen LogP contribution in [-0.2, 0) is 4.79 Å². The molecule has 0 fully saturated rings. The van der Waals surface area contributed by atoms with Crippen LogP contribution in [0.2, 0.25) is 0 Å². The fourth-order valence-electron chi connectivity index (χ4n) is 1.89. The molecule has 0 saturated carbocycles. The number of primary amides is 1. The van der Waals surface area contributed by atoms with E-state index in [4.69, 9.17) is 15.6 Å². The maximum atomic E-state index is 13.3. The highest BCUT2D eigenvalue weighted by Crippen LogP contribution is 2.36. The molecule has 18 heavy (non-hydrogen) atoms. The van der Waals surface area contributed by atoms with Crippen molar-refractivity contribution in [2.24, 2.45) is 5.73 Å². The van der Waals surface area contributed by atoms with Crippen molar-refractivity contribution in [1.29, 1.82) is 0 Å². The predicted molar refractivity (Wildman–Crippen MR) is 60.1 cm³/mol. The number of nitrogens with zero attached hydrogens (tertiary/aromatic N) is 1. The number of nitrogens with two attached hydrogens (primary N) is 1. The van der Waals surface area contributed by atoms with Gasteiger partial charge in [-0.2, -0.15) is 0 Å². The summed E-state index contributed by atoms with van der Waals surface area (Å²) in [6, 6.07) is 2.72. The number of carbonyl (C=O) groups is 2. The van der Waals surface area contributed by atoms with E-state index < -0.39 is 17.9 Å². The average Bonchev–Trinajstić information content (AvgIpc) is 2.36. The van der Waals surface area contributed by atoms with Crippen molar-refractivity contribution in [2.45, 2.75) is 12.3 Å². The number of anilines is 1. The van der Waals surface area contributed by atoms with E-state index in [0.29, 0.717) is 24.3 Å². The van der Waals surface area contributed by atoms with Crippen LogP contribution in [0.3, 0.4) is 0 Å². The second kappa shape index (κ2) is 4.52. The predicted octanol–water partition coefficient (Wildman–Crippen LogP) is 1.41. The highest BCUT2D eigenvalue weighted by molar-refractivity contribution is 5.89. The van der Waals surface area contributed by atoms with E-state index in [9.17, 15) is 14.1 Å². The van der Waals surface area contributed by atoms with Gasteiger partial charge < -0.3 is 15.6 Å². The molecule has 0 aliphatic carbocycles. The van der Waals surface area contributed by atoms with E-state index in [0.717, 1.165) is 0 Å². The van der Waals surface area contributed by atoms with Crippen LogP contribution in [0.4, 0.5) is 15.0 Å². The number of benzene rings is 1. The number of rotatable bonds is 2. The van der Waals surface area contributed by atoms with Crippen molar-refractivity contribution in [3.8, 4) is 5.75 Å². The number of fused-ring (bicyclic) bond motifs is 1. The van der Waals surface area contributed by atoms with Gasteiger partial charge in [0, 0.05) is 5.56 Å². The number of ether oxygens (including phenoxy) is 1. The molecule has 1 heterocycles. The minimum atomic E-state index is -1.27. The Hall–Kier alpha value is -2.31.